The zero-order valence-corrected chi connectivity index (χ0v) is 14.3. The first-order valence-electron chi connectivity index (χ1n) is 7.34. The van der Waals surface area contributed by atoms with E-state index < -0.39 is 10.0 Å². The van der Waals surface area contributed by atoms with Gasteiger partial charge in [0, 0.05) is 11.7 Å². The van der Waals surface area contributed by atoms with E-state index in [0.717, 1.165) is 24.8 Å². The first-order valence-corrected chi connectivity index (χ1v) is 9.20. The van der Waals surface area contributed by atoms with Crippen LogP contribution in [0.1, 0.15) is 38.7 Å². The molecule has 1 fully saturated rings. The van der Waals surface area contributed by atoms with Crippen molar-refractivity contribution < 1.29 is 8.42 Å². The molecule has 0 radical (unpaired) electrons. The van der Waals surface area contributed by atoms with Crippen LogP contribution in [0.25, 0.3) is 0 Å². The molecule has 118 valence electrons. The van der Waals surface area contributed by atoms with Crippen molar-refractivity contribution >= 4 is 27.3 Å². The van der Waals surface area contributed by atoms with Crippen LogP contribution < -0.4 is 10.5 Å². The van der Waals surface area contributed by atoms with Gasteiger partial charge >= 0.3 is 0 Å². The van der Waals surface area contributed by atoms with Crippen LogP contribution >= 0.6 is 11.6 Å². The highest BCUT2D eigenvalue weighted by Gasteiger charge is 2.35. The molecule has 3 N–H and O–H groups in total. The Morgan fingerprint density at radius 2 is 2.05 bits per heavy atom. The van der Waals surface area contributed by atoms with Gasteiger partial charge in [-0.1, -0.05) is 31.9 Å². The molecule has 1 saturated carbocycles. The van der Waals surface area contributed by atoms with Gasteiger partial charge in [-0.3, -0.25) is 0 Å². The standard InChI is InChI=1S/C15H23ClN2O2S/c1-4-11-5-6-14(10(11)3)18-21(19,20)15-8-13(17)9(2)7-12(15)16/h7-8,10-11,14,18H,4-6,17H2,1-3H3. The highest BCUT2D eigenvalue weighted by molar-refractivity contribution is 7.89. The summed E-state index contributed by atoms with van der Waals surface area (Å²) in [5.41, 5.74) is 7.03. The van der Waals surface area contributed by atoms with Crippen molar-refractivity contribution in [3.8, 4) is 0 Å². The normalized spacial score (nSPS) is 26.2. The summed E-state index contributed by atoms with van der Waals surface area (Å²) in [5.74, 6) is 0.919. The smallest absolute Gasteiger partial charge is 0.242 e. The van der Waals surface area contributed by atoms with E-state index in [0.29, 0.717) is 17.5 Å². The summed E-state index contributed by atoms with van der Waals surface area (Å²) in [4.78, 5) is 0.0689. The van der Waals surface area contributed by atoms with E-state index >= 15 is 0 Å². The Morgan fingerprint density at radius 1 is 1.38 bits per heavy atom. The summed E-state index contributed by atoms with van der Waals surface area (Å²) in [6.45, 7) is 6.06. The number of rotatable bonds is 4. The number of aryl methyl sites for hydroxylation is 1. The fraction of sp³-hybridized carbons (Fsp3) is 0.600. The highest BCUT2D eigenvalue weighted by atomic mass is 35.5. The van der Waals surface area contributed by atoms with Crippen molar-refractivity contribution in [3.63, 3.8) is 0 Å². The number of nitrogens with one attached hydrogen (secondary N) is 1. The Bertz CT molecular complexity index is 631. The third-order valence-electron chi connectivity index (χ3n) is 4.67. The molecular formula is C15H23ClN2O2S. The fourth-order valence-electron chi connectivity index (χ4n) is 3.13. The molecule has 1 aromatic rings. The van der Waals surface area contributed by atoms with Crippen LogP contribution in [-0.2, 0) is 10.0 Å². The SMILES string of the molecule is CCC1CCC(NS(=O)(=O)c2cc(N)c(C)cc2Cl)C1C. The van der Waals surface area contributed by atoms with Crippen LogP contribution in [0.2, 0.25) is 5.02 Å². The Hall–Kier alpha value is -0.780. The van der Waals surface area contributed by atoms with Gasteiger partial charge in [0.15, 0.2) is 0 Å². The lowest BCUT2D eigenvalue weighted by molar-refractivity contribution is 0.368. The molecule has 4 nitrogen and oxygen atoms in total. The van der Waals surface area contributed by atoms with Crippen molar-refractivity contribution in [1.29, 1.82) is 0 Å². The lowest BCUT2D eigenvalue weighted by Gasteiger charge is -2.21. The average molecular weight is 331 g/mol. The molecule has 0 spiro atoms. The number of nitrogens with two attached hydrogens (primary N) is 1. The molecule has 21 heavy (non-hydrogen) atoms. The first kappa shape index (κ1) is 16.6. The van der Waals surface area contributed by atoms with E-state index in [9.17, 15) is 8.42 Å². The lowest BCUT2D eigenvalue weighted by atomic mass is 9.94. The number of halogens is 1. The summed E-state index contributed by atoms with van der Waals surface area (Å²) < 4.78 is 27.9. The minimum absolute atomic E-state index is 0.0291. The van der Waals surface area contributed by atoms with Crippen LogP contribution in [0.15, 0.2) is 17.0 Å². The second-order valence-corrected chi connectivity index (χ2v) is 8.06. The molecule has 2 rings (SSSR count). The molecule has 1 aromatic carbocycles. The number of hydrogen-bond acceptors (Lipinski definition) is 3. The Kier molecular flexibility index (Phi) is 4.85. The summed E-state index contributed by atoms with van der Waals surface area (Å²) in [7, 11) is -3.64. The van der Waals surface area contributed by atoms with Gasteiger partial charge in [-0.25, -0.2) is 13.1 Å². The molecule has 3 atom stereocenters. The van der Waals surface area contributed by atoms with E-state index in [-0.39, 0.29) is 16.0 Å². The van der Waals surface area contributed by atoms with E-state index in [2.05, 4.69) is 18.6 Å². The predicted octanol–water partition coefficient (Wildman–Crippen LogP) is 3.33. The molecule has 0 heterocycles. The Balaban J connectivity index is 2.26. The quantitative estimate of drug-likeness (QED) is 0.832. The van der Waals surface area contributed by atoms with Gasteiger partial charge in [0.05, 0.1) is 5.02 Å². The van der Waals surface area contributed by atoms with Crippen LogP contribution in [0.5, 0.6) is 0 Å². The first-order chi connectivity index (χ1) is 9.76. The predicted molar refractivity (Wildman–Crippen MR) is 86.9 cm³/mol. The molecule has 0 amide bonds. The summed E-state index contributed by atoms with van der Waals surface area (Å²) in [5, 5.41) is 0.215. The van der Waals surface area contributed by atoms with Crippen molar-refractivity contribution in [1.82, 2.24) is 4.72 Å². The summed E-state index contributed by atoms with van der Waals surface area (Å²) in [6, 6.07) is 3.01. The second kappa shape index (κ2) is 6.15. The van der Waals surface area contributed by atoms with E-state index in [4.69, 9.17) is 17.3 Å². The number of benzene rings is 1. The summed E-state index contributed by atoms with van der Waals surface area (Å²) in [6.07, 6.45) is 3.02. The van der Waals surface area contributed by atoms with Crippen LogP contribution in [0, 0.1) is 18.8 Å². The average Bonchev–Trinajstić information content (AvgIpc) is 2.74. The number of nitrogen functional groups attached to an aromatic ring is 1. The third kappa shape index (κ3) is 3.35. The maximum absolute atomic E-state index is 12.6. The molecule has 1 aliphatic carbocycles. The van der Waals surface area contributed by atoms with Crippen molar-refractivity contribution in [3.05, 3.63) is 22.7 Å². The summed E-state index contributed by atoms with van der Waals surface area (Å²) >= 11 is 6.09. The lowest BCUT2D eigenvalue weighted by Crippen LogP contribution is -2.37. The van der Waals surface area contributed by atoms with Crippen LogP contribution in [0.4, 0.5) is 5.69 Å². The molecule has 0 bridgehead atoms. The minimum Gasteiger partial charge on any atom is -0.398 e. The number of hydrogen-bond donors (Lipinski definition) is 2. The maximum atomic E-state index is 12.6. The monoisotopic (exact) mass is 330 g/mol. The van der Waals surface area contributed by atoms with Gasteiger partial charge in [0.25, 0.3) is 0 Å². The van der Waals surface area contributed by atoms with Gasteiger partial charge in [-0.05, 0) is 49.3 Å². The van der Waals surface area contributed by atoms with E-state index in [1.165, 1.54) is 6.07 Å². The zero-order chi connectivity index (χ0) is 15.8. The third-order valence-corrected chi connectivity index (χ3v) is 6.62. The highest BCUT2D eigenvalue weighted by Crippen LogP contribution is 2.35. The molecule has 6 heteroatoms. The largest absolute Gasteiger partial charge is 0.398 e. The van der Waals surface area contributed by atoms with Crippen LogP contribution in [-0.4, -0.2) is 14.5 Å². The molecular weight excluding hydrogens is 308 g/mol. The van der Waals surface area contributed by atoms with Crippen molar-refractivity contribution in [2.24, 2.45) is 11.8 Å². The van der Waals surface area contributed by atoms with Gasteiger partial charge in [-0.15, -0.1) is 0 Å². The molecule has 0 aromatic heterocycles. The minimum atomic E-state index is -3.64. The fourth-order valence-corrected chi connectivity index (χ4v) is 5.11. The van der Waals surface area contributed by atoms with Crippen molar-refractivity contribution in [2.75, 3.05) is 5.73 Å². The van der Waals surface area contributed by atoms with E-state index in [1.807, 2.05) is 0 Å². The molecule has 1 aliphatic rings. The molecule has 3 unspecified atom stereocenters. The Morgan fingerprint density at radius 3 is 2.62 bits per heavy atom. The number of anilines is 1. The molecule has 0 saturated heterocycles. The van der Waals surface area contributed by atoms with Gasteiger partial charge in [0.1, 0.15) is 4.90 Å². The zero-order valence-electron chi connectivity index (χ0n) is 12.7. The van der Waals surface area contributed by atoms with E-state index in [1.54, 1.807) is 13.0 Å². The topological polar surface area (TPSA) is 72.2 Å². The Labute approximate surface area is 132 Å². The molecule has 0 aliphatic heterocycles. The van der Waals surface area contributed by atoms with Crippen molar-refractivity contribution in [2.45, 2.75) is 51.0 Å². The maximum Gasteiger partial charge on any atom is 0.242 e. The van der Waals surface area contributed by atoms with Gasteiger partial charge < -0.3 is 5.73 Å². The number of sulfonamides is 1. The second-order valence-electron chi connectivity index (χ2n) is 5.97. The van der Waals surface area contributed by atoms with Gasteiger partial charge in [-0.2, -0.15) is 0 Å². The van der Waals surface area contributed by atoms with Crippen LogP contribution in [0.3, 0.4) is 0 Å². The van der Waals surface area contributed by atoms with Gasteiger partial charge in [0.2, 0.25) is 10.0 Å².